The Morgan fingerprint density at radius 1 is 1.28 bits per heavy atom. The van der Waals surface area contributed by atoms with E-state index >= 15 is 0 Å². The zero-order valence-electron chi connectivity index (χ0n) is 12.2. The number of benzene rings is 1. The van der Waals surface area contributed by atoms with Crippen LogP contribution in [-0.2, 0) is 4.79 Å². The van der Waals surface area contributed by atoms with Crippen LogP contribution in [0.5, 0.6) is 0 Å². The fraction of sp³-hybridized carbons (Fsp3) is 0.533. The summed E-state index contributed by atoms with van der Waals surface area (Å²) in [5.41, 5.74) is 1.85. The van der Waals surface area contributed by atoms with Crippen LogP contribution in [0.4, 0.5) is 0 Å². The monoisotopic (exact) mass is 248 g/mol. The standard InChI is InChI=1S/C15H24N2O/c1-11-7-9-13(10-8-11)12(2)17(6)14(18)15(3,4)16-5/h7-10,12,16H,1-6H3. The summed E-state index contributed by atoms with van der Waals surface area (Å²) in [7, 11) is 3.66. The highest BCUT2D eigenvalue weighted by Crippen LogP contribution is 2.21. The fourth-order valence-corrected chi connectivity index (χ4v) is 1.79. The fourth-order valence-electron chi connectivity index (χ4n) is 1.79. The molecule has 0 saturated heterocycles. The van der Waals surface area contributed by atoms with Gasteiger partial charge in [0, 0.05) is 7.05 Å². The third-order valence-electron chi connectivity index (χ3n) is 3.62. The molecule has 0 saturated carbocycles. The molecule has 1 amide bonds. The van der Waals surface area contributed by atoms with E-state index in [4.69, 9.17) is 0 Å². The van der Waals surface area contributed by atoms with Crippen molar-refractivity contribution in [2.75, 3.05) is 14.1 Å². The first-order valence-corrected chi connectivity index (χ1v) is 6.32. The molecule has 0 aromatic heterocycles. The second-order valence-electron chi connectivity index (χ2n) is 5.38. The molecular weight excluding hydrogens is 224 g/mol. The Kier molecular flexibility index (Phi) is 4.52. The van der Waals surface area contributed by atoms with Crippen LogP contribution in [0.25, 0.3) is 0 Å². The Hall–Kier alpha value is -1.35. The van der Waals surface area contributed by atoms with Crippen LogP contribution in [0.15, 0.2) is 24.3 Å². The molecule has 18 heavy (non-hydrogen) atoms. The Morgan fingerprint density at radius 2 is 1.78 bits per heavy atom. The first kappa shape index (κ1) is 14.7. The van der Waals surface area contributed by atoms with Gasteiger partial charge in [-0.2, -0.15) is 0 Å². The van der Waals surface area contributed by atoms with Gasteiger partial charge in [-0.15, -0.1) is 0 Å². The third-order valence-corrected chi connectivity index (χ3v) is 3.62. The molecule has 0 heterocycles. The molecule has 0 fully saturated rings. The minimum Gasteiger partial charge on any atom is -0.337 e. The molecule has 0 bridgehead atoms. The summed E-state index contributed by atoms with van der Waals surface area (Å²) in [4.78, 5) is 14.1. The van der Waals surface area contributed by atoms with E-state index in [9.17, 15) is 4.79 Å². The van der Waals surface area contributed by atoms with Crippen molar-refractivity contribution in [2.24, 2.45) is 0 Å². The number of hydrogen-bond donors (Lipinski definition) is 1. The number of hydrogen-bond acceptors (Lipinski definition) is 2. The second kappa shape index (κ2) is 5.53. The molecule has 1 atom stereocenters. The van der Waals surface area contributed by atoms with Gasteiger partial charge >= 0.3 is 0 Å². The molecule has 1 N–H and O–H groups in total. The van der Waals surface area contributed by atoms with Crippen molar-refractivity contribution in [3.8, 4) is 0 Å². The first-order valence-electron chi connectivity index (χ1n) is 6.32. The van der Waals surface area contributed by atoms with Crippen molar-refractivity contribution in [1.29, 1.82) is 0 Å². The number of nitrogens with zero attached hydrogens (tertiary/aromatic N) is 1. The summed E-state index contributed by atoms with van der Waals surface area (Å²) in [6.07, 6.45) is 0. The Labute approximate surface area is 110 Å². The quantitative estimate of drug-likeness (QED) is 0.888. The van der Waals surface area contributed by atoms with Gasteiger partial charge in [0.25, 0.3) is 0 Å². The number of aryl methyl sites for hydroxylation is 1. The van der Waals surface area contributed by atoms with Gasteiger partial charge in [-0.25, -0.2) is 0 Å². The van der Waals surface area contributed by atoms with Crippen LogP contribution >= 0.6 is 0 Å². The van der Waals surface area contributed by atoms with Crippen LogP contribution in [0, 0.1) is 6.92 Å². The molecule has 0 aliphatic carbocycles. The molecule has 3 heteroatoms. The molecular formula is C15H24N2O. The molecule has 1 unspecified atom stereocenters. The van der Waals surface area contributed by atoms with Gasteiger partial charge in [-0.1, -0.05) is 29.8 Å². The van der Waals surface area contributed by atoms with Gasteiger partial charge in [-0.3, -0.25) is 4.79 Å². The van der Waals surface area contributed by atoms with Gasteiger partial charge < -0.3 is 10.2 Å². The van der Waals surface area contributed by atoms with E-state index in [1.54, 1.807) is 4.90 Å². The Morgan fingerprint density at radius 3 is 2.22 bits per heavy atom. The average molecular weight is 248 g/mol. The smallest absolute Gasteiger partial charge is 0.242 e. The van der Waals surface area contributed by atoms with Gasteiger partial charge in [-0.05, 0) is 40.3 Å². The highest BCUT2D eigenvalue weighted by molar-refractivity contribution is 5.85. The van der Waals surface area contributed by atoms with Gasteiger partial charge in [0.05, 0.1) is 11.6 Å². The van der Waals surface area contributed by atoms with E-state index in [1.807, 2.05) is 34.9 Å². The molecule has 0 aliphatic rings. The van der Waals surface area contributed by atoms with Crippen molar-refractivity contribution in [3.63, 3.8) is 0 Å². The Balaban J connectivity index is 2.87. The highest BCUT2D eigenvalue weighted by atomic mass is 16.2. The van der Waals surface area contributed by atoms with Gasteiger partial charge in [0.2, 0.25) is 5.91 Å². The van der Waals surface area contributed by atoms with Crippen LogP contribution < -0.4 is 5.32 Å². The topological polar surface area (TPSA) is 32.3 Å². The lowest BCUT2D eigenvalue weighted by Crippen LogP contribution is -2.52. The first-order chi connectivity index (χ1) is 8.29. The minimum absolute atomic E-state index is 0.0747. The SMILES string of the molecule is CNC(C)(C)C(=O)N(C)C(C)c1ccc(C)cc1. The van der Waals surface area contributed by atoms with Crippen LogP contribution in [0.2, 0.25) is 0 Å². The lowest BCUT2D eigenvalue weighted by molar-refractivity contribution is -0.137. The summed E-state index contributed by atoms with van der Waals surface area (Å²) in [6, 6.07) is 8.39. The summed E-state index contributed by atoms with van der Waals surface area (Å²) in [6.45, 7) is 7.91. The van der Waals surface area contributed by atoms with E-state index in [0.29, 0.717) is 0 Å². The highest BCUT2D eigenvalue weighted by Gasteiger charge is 2.30. The van der Waals surface area contributed by atoms with Crippen molar-refractivity contribution in [1.82, 2.24) is 10.2 Å². The predicted molar refractivity (Wildman–Crippen MR) is 75.5 cm³/mol. The number of carbonyl (C=O) groups excluding carboxylic acids is 1. The van der Waals surface area contributed by atoms with Gasteiger partial charge in [0.15, 0.2) is 0 Å². The number of likely N-dealkylation sites (N-methyl/N-ethyl adjacent to an activating group) is 2. The van der Waals surface area contributed by atoms with Crippen molar-refractivity contribution in [3.05, 3.63) is 35.4 Å². The molecule has 100 valence electrons. The second-order valence-corrected chi connectivity index (χ2v) is 5.38. The van der Waals surface area contributed by atoms with Crippen molar-refractivity contribution >= 4 is 5.91 Å². The third kappa shape index (κ3) is 3.10. The number of amides is 1. The summed E-state index contributed by atoms with van der Waals surface area (Å²) in [5, 5.41) is 3.05. The van der Waals surface area contributed by atoms with Crippen molar-refractivity contribution in [2.45, 2.75) is 39.3 Å². The van der Waals surface area contributed by atoms with Crippen molar-refractivity contribution < 1.29 is 4.79 Å². The largest absolute Gasteiger partial charge is 0.337 e. The lowest BCUT2D eigenvalue weighted by Gasteiger charge is -2.33. The van der Waals surface area contributed by atoms with E-state index < -0.39 is 5.54 Å². The van der Waals surface area contributed by atoms with Gasteiger partial charge in [0.1, 0.15) is 0 Å². The van der Waals surface area contributed by atoms with E-state index in [-0.39, 0.29) is 11.9 Å². The molecule has 1 aromatic rings. The maximum absolute atomic E-state index is 12.3. The van der Waals surface area contributed by atoms with Crippen LogP contribution in [-0.4, -0.2) is 30.4 Å². The van der Waals surface area contributed by atoms with E-state index in [2.05, 4.69) is 36.5 Å². The summed E-state index contributed by atoms with van der Waals surface area (Å²) in [5.74, 6) is 0.0954. The van der Waals surface area contributed by atoms with Crippen LogP contribution in [0.3, 0.4) is 0 Å². The van der Waals surface area contributed by atoms with E-state index in [1.165, 1.54) is 5.56 Å². The zero-order valence-corrected chi connectivity index (χ0v) is 12.2. The number of nitrogens with one attached hydrogen (secondary N) is 1. The predicted octanol–water partition coefficient (Wildman–Crippen LogP) is 2.51. The normalized spacial score (nSPS) is 13.2. The molecule has 0 spiro atoms. The molecule has 1 aromatic carbocycles. The zero-order chi connectivity index (χ0) is 13.9. The lowest BCUT2D eigenvalue weighted by atomic mass is 10.0. The summed E-state index contributed by atoms with van der Waals surface area (Å²) >= 11 is 0. The Bertz CT molecular complexity index is 409. The van der Waals surface area contributed by atoms with Crippen LogP contribution in [0.1, 0.15) is 37.9 Å². The average Bonchev–Trinajstić information content (AvgIpc) is 2.37. The molecule has 0 aliphatic heterocycles. The summed E-state index contributed by atoms with van der Waals surface area (Å²) < 4.78 is 0. The molecule has 1 rings (SSSR count). The number of rotatable bonds is 4. The minimum atomic E-state index is -0.534. The maximum atomic E-state index is 12.3. The van der Waals surface area contributed by atoms with E-state index in [0.717, 1.165) is 5.56 Å². The maximum Gasteiger partial charge on any atom is 0.242 e. The molecule has 0 radical (unpaired) electrons. The molecule has 3 nitrogen and oxygen atoms in total. The number of carbonyl (C=O) groups is 1.